The van der Waals surface area contributed by atoms with Crippen molar-refractivity contribution in [2.45, 2.75) is 6.04 Å². The number of rotatable bonds is 4. The van der Waals surface area contributed by atoms with Crippen LogP contribution in [0.3, 0.4) is 0 Å². The third-order valence-electron chi connectivity index (χ3n) is 5.53. The van der Waals surface area contributed by atoms with E-state index in [1.165, 1.54) is 11.1 Å². The molecule has 1 atom stereocenters. The van der Waals surface area contributed by atoms with Crippen molar-refractivity contribution in [2.24, 2.45) is 0 Å². The lowest BCUT2D eigenvalue weighted by molar-refractivity contribution is 0.126. The Morgan fingerprint density at radius 3 is 2.10 bits per heavy atom. The molecule has 1 saturated heterocycles. The van der Waals surface area contributed by atoms with E-state index in [1.807, 2.05) is 23.1 Å². The first-order valence-corrected chi connectivity index (χ1v) is 10.6. The average Bonchev–Trinajstić information content (AvgIpc) is 2.82. The molecule has 1 fully saturated rings. The summed E-state index contributed by atoms with van der Waals surface area (Å²) >= 11 is 6.10. The van der Waals surface area contributed by atoms with Crippen LogP contribution in [0.15, 0.2) is 78.9 Å². The second-order valence-corrected chi connectivity index (χ2v) is 7.94. The van der Waals surface area contributed by atoms with Gasteiger partial charge in [0.2, 0.25) is 0 Å². The van der Waals surface area contributed by atoms with Crippen molar-refractivity contribution in [3.8, 4) is 6.07 Å². The second-order valence-electron chi connectivity index (χ2n) is 7.51. The lowest BCUT2D eigenvalue weighted by atomic mass is 9.96. The number of piperazine rings is 1. The molecule has 31 heavy (non-hydrogen) atoms. The molecule has 0 saturated carbocycles. The summed E-state index contributed by atoms with van der Waals surface area (Å²) in [4.78, 5) is 16.9. The fraction of sp³-hybridized carbons (Fsp3) is 0.200. The van der Waals surface area contributed by atoms with E-state index in [1.54, 1.807) is 24.3 Å². The topological polar surface area (TPSA) is 59.4 Å². The number of nitrogens with zero attached hydrogens (tertiary/aromatic N) is 3. The van der Waals surface area contributed by atoms with Gasteiger partial charge in [-0.1, -0.05) is 54.1 Å². The summed E-state index contributed by atoms with van der Waals surface area (Å²) in [6.45, 7) is 2.81. The Morgan fingerprint density at radius 2 is 1.48 bits per heavy atom. The van der Waals surface area contributed by atoms with Gasteiger partial charge in [0.15, 0.2) is 0 Å². The maximum Gasteiger partial charge on any atom is 0.321 e. The van der Waals surface area contributed by atoms with Crippen LogP contribution in [-0.4, -0.2) is 42.0 Å². The number of halogens is 1. The highest BCUT2D eigenvalue weighted by molar-refractivity contribution is 6.30. The lowest BCUT2D eigenvalue weighted by Gasteiger charge is -2.39. The van der Waals surface area contributed by atoms with Crippen molar-refractivity contribution in [3.05, 3.63) is 101 Å². The van der Waals surface area contributed by atoms with Crippen molar-refractivity contribution < 1.29 is 4.79 Å². The summed E-state index contributed by atoms with van der Waals surface area (Å²) in [5, 5.41) is 12.5. The smallest absolute Gasteiger partial charge is 0.321 e. The van der Waals surface area contributed by atoms with Crippen molar-refractivity contribution in [2.75, 3.05) is 31.5 Å². The number of nitriles is 1. The SMILES string of the molecule is N#Cc1ccc(NC(=O)N2CCN(C(c3ccccc3)c3ccc(Cl)cc3)CC2)cc1. The van der Waals surface area contributed by atoms with Crippen molar-refractivity contribution in [1.82, 2.24) is 9.80 Å². The number of hydrogen-bond donors (Lipinski definition) is 1. The van der Waals surface area contributed by atoms with Crippen LogP contribution in [0.2, 0.25) is 5.02 Å². The highest BCUT2D eigenvalue weighted by Gasteiger charge is 2.28. The largest absolute Gasteiger partial charge is 0.322 e. The lowest BCUT2D eigenvalue weighted by Crippen LogP contribution is -2.51. The summed E-state index contributed by atoms with van der Waals surface area (Å²) in [6, 6.07) is 27.4. The monoisotopic (exact) mass is 430 g/mol. The van der Waals surface area contributed by atoms with Gasteiger partial charge in [-0.2, -0.15) is 5.26 Å². The van der Waals surface area contributed by atoms with E-state index in [0.717, 1.165) is 18.1 Å². The number of benzene rings is 3. The van der Waals surface area contributed by atoms with Crippen molar-refractivity contribution in [3.63, 3.8) is 0 Å². The number of carbonyl (C=O) groups is 1. The van der Waals surface area contributed by atoms with Crippen LogP contribution in [0.5, 0.6) is 0 Å². The quantitative estimate of drug-likeness (QED) is 0.622. The first-order valence-electron chi connectivity index (χ1n) is 10.2. The number of hydrogen-bond acceptors (Lipinski definition) is 3. The van der Waals surface area contributed by atoms with E-state index < -0.39 is 0 Å². The molecule has 1 aliphatic heterocycles. The minimum absolute atomic E-state index is 0.113. The van der Waals surface area contributed by atoms with Crippen LogP contribution >= 0.6 is 11.6 Å². The molecular formula is C25H23ClN4O. The third kappa shape index (κ3) is 5.05. The van der Waals surface area contributed by atoms with E-state index in [2.05, 4.69) is 52.7 Å². The van der Waals surface area contributed by atoms with Crippen LogP contribution in [0.1, 0.15) is 22.7 Å². The molecule has 3 aromatic carbocycles. The van der Waals surface area contributed by atoms with Crippen LogP contribution in [0.25, 0.3) is 0 Å². The maximum absolute atomic E-state index is 12.7. The summed E-state index contributed by atoms with van der Waals surface area (Å²) < 4.78 is 0. The Hall–Kier alpha value is -3.33. The second kappa shape index (κ2) is 9.65. The molecule has 3 aromatic rings. The zero-order chi connectivity index (χ0) is 21.6. The molecule has 0 aromatic heterocycles. The molecule has 156 valence electrons. The molecule has 5 nitrogen and oxygen atoms in total. The minimum Gasteiger partial charge on any atom is -0.322 e. The predicted molar refractivity (Wildman–Crippen MR) is 123 cm³/mol. The Morgan fingerprint density at radius 1 is 0.871 bits per heavy atom. The molecule has 0 spiro atoms. The molecule has 6 heteroatoms. The predicted octanol–water partition coefficient (Wildman–Crippen LogP) is 5.15. The Labute approximate surface area is 187 Å². The molecule has 1 unspecified atom stereocenters. The van der Waals surface area contributed by atoms with Gasteiger partial charge in [-0.05, 0) is 47.5 Å². The fourth-order valence-corrected chi connectivity index (χ4v) is 4.03. The van der Waals surface area contributed by atoms with Gasteiger partial charge in [0.1, 0.15) is 0 Å². The van der Waals surface area contributed by atoms with E-state index in [4.69, 9.17) is 16.9 Å². The van der Waals surface area contributed by atoms with Gasteiger partial charge >= 0.3 is 6.03 Å². The number of carbonyl (C=O) groups excluding carboxylic acids is 1. The Bertz CT molecular complexity index is 1050. The fourth-order valence-electron chi connectivity index (χ4n) is 3.91. The number of urea groups is 1. The Kier molecular flexibility index (Phi) is 6.51. The molecule has 0 aliphatic carbocycles. The van der Waals surface area contributed by atoms with E-state index in [9.17, 15) is 4.79 Å². The molecule has 1 aliphatic rings. The van der Waals surface area contributed by atoms with Gasteiger partial charge in [0.05, 0.1) is 17.7 Å². The van der Waals surface area contributed by atoms with Gasteiger partial charge in [0, 0.05) is 36.9 Å². The molecule has 0 radical (unpaired) electrons. The van der Waals surface area contributed by atoms with Gasteiger partial charge < -0.3 is 10.2 Å². The minimum atomic E-state index is -0.118. The highest BCUT2D eigenvalue weighted by atomic mass is 35.5. The Balaban J connectivity index is 1.44. The summed E-state index contributed by atoms with van der Waals surface area (Å²) in [5.41, 5.74) is 3.67. The van der Waals surface area contributed by atoms with Crippen molar-refractivity contribution >= 4 is 23.3 Å². The number of nitrogens with one attached hydrogen (secondary N) is 1. The van der Waals surface area contributed by atoms with Gasteiger partial charge in [0.25, 0.3) is 0 Å². The van der Waals surface area contributed by atoms with Gasteiger partial charge in [-0.3, -0.25) is 4.90 Å². The molecule has 1 N–H and O–H groups in total. The average molecular weight is 431 g/mol. The van der Waals surface area contributed by atoms with Crippen LogP contribution in [-0.2, 0) is 0 Å². The van der Waals surface area contributed by atoms with Crippen LogP contribution in [0.4, 0.5) is 10.5 Å². The number of amides is 2. The summed E-state index contributed by atoms with van der Waals surface area (Å²) in [6.07, 6.45) is 0. The van der Waals surface area contributed by atoms with E-state index >= 15 is 0 Å². The van der Waals surface area contributed by atoms with Gasteiger partial charge in [-0.25, -0.2) is 4.79 Å². The molecular weight excluding hydrogens is 408 g/mol. The van der Waals surface area contributed by atoms with Crippen molar-refractivity contribution in [1.29, 1.82) is 5.26 Å². The normalized spacial score (nSPS) is 15.2. The number of anilines is 1. The zero-order valence-corrected chi connectivity index (χ0v) is 17.8. The molecule has 4 rings (SSSR count). The van der Waals surface area contributed by atoms with E-state index in [-0.39, 0.29) is 12.1 Å². The third-order valence-corrected chi connectivity index (χ3v) is 5.78. The highest BCUT2D eigenvalue weighted by Crippen LogP contribution is 2.30. The van der Waals surface area contributed by atoms with E-state index in [0.29, 0.717) is 24.3 Å². The molecule has 0 bridgehead atoms. The molecule has 2 amide bonds. The maximum atomic E-state index is 12.7. The summed E-state index contributed by atoms with van der Waals surface area (Å²) in [7, 11) is 0. The van der Waals surface area contributed by atoms with Crippen LogP contribution in [0, 0.1) is 11.3 Å². The molecule has 1 heterocycles. The van der Waals surface area contributed by atoms with Crippen LogP contribution < -0.4 is 5.32 Å². The zero-order valence-electron chi connectivity index (χ0n) is 17.0. The standard InChI is InChI=1S/C25H23ClN4O/c26-22-10-8-21(9-11-22)24(20-4-2-1-3-5-20)29-14-16-30(17-15-29)25(31)28-23-12-6-19(18-27)7-13-23/h1-13,24H,14-17H2,(H,28,31). The first kappa shape index (κ1) is 20.9. The summed E-state index contributed by atoms with van der Waals surface area (Å²) in [5.74, 6) is 0. The van der Waals surface area contributed by atoms with Gasteiger partial charge in [-0.15, -0.1) is 0 Å². The first-order chi connectivity index (χ1) is 15.1.